The summed E-state index contributed by atoms with van der Waals surface area (Å²) < 4.78 is 10.6. The molecule has 3 rings (SSSR count). The third-order valence-corrected chi connectivity index (χ3v) is 5.36. The minimum absolute atomic E-state index is 0. The summed E-state index contributed by atoms with van der Waals surface area (Å²) in [7, 11) is 3.52. The Morgan fingerprint density at radius 1 is 1.23 bits per heavy atom. The Kier molecular flexibility index (Phi) is 9.38. The second kappa shape index (κ2) is 11.5. The lowest BCUT2D eigenvalue weighted by Crippen LogP contribution is -2.41. The molecule has 0 saturated carbocycles. The molecule has 1 aliphatic rings. The number of ether oxygens (including phenoxy) is 1. The molecule has 30 heavy (non-hydrogen) atoms. The van der Waals surface area contributed by atoms with Gasteiger partial charge in [0, 0.05) is 38.7 Å². The van der Waals surface area contributed by atoms with E-state index in [2.05, 4.69) is 39.2 Å². The Bertz CT molecular complexity index is 804. The van der Waals surface area contributed by atoms with E-state index in [9.17, 15) is 0 Å². The highest BCUT2D eigenvalue weighted by Gasteiger charge is 2.30. The van der Waals surface area contributed by atoms with E-state index < -0.39 is 0 Å². The summed E-state index contributed by atoms with van der Waals surface area (Å²) in [4.78, 5) is 11.3. The molecule has 1 N–H and O–H groups in total. The summed E-state index contributed by atoms with van der Waals surface area (Å²) in [6, 6.07) is 7.67. The number of guanidine groups is 1. The van der Waals surface area contributed by atoms with E-state index in [-0.39, 0.29) is 24.0 Å². The van der Waals surface area contributed by atoms with E-state index >= 15 is 0 Å². The number of unbranched alkanes of at least 4 members (excludes halogenated alkanes) is 2. The third-order valence-electron chi connectivity index (χ3n) is 5.36. The van der Waals surface area contributed by atoms with Crippen LogP contribution in [0.1, 0.15) is 45.4 Å². The van der Waals surface area contributed by atoms with E-state index in [4.69, 9.17) is 9.26 Å². The summed E-state index contributed by atoms with van der Waals surface area (Å²) in [5.74, 6) is 3.16. The molecule has 0 bridgehead atoms. The normalized spacial score (nSPS) is 15.7. The van der Waals surface area contributed by atoms with E-state index in [1.54, 1.807) is 7.11 Å². The molecular formula is C22H34IN5O2. The van der Waals surface area contributed by atoms with Gasteiger partial charge >= 0.3 is 0 Å². The van der Waals surface area contributed by atoms with Crippen molar-refractivity contribution in [3.8, 4) is 17.1 Å². The third kappa shape index (κ3) is 6.85. The van der Waals surface area contributed by atoms with Crippen molar-refractivity contribution < 1.29 is 9.26 Å². The van der Waals surface area contributed by atoms with Crippen LogP contribution in [0.5, 0.6) is 5.75 Å². The number of aliphatic imine (C=N–C) groups is 1. The number of rotatable bonds is 8. The van der Waals surface area contributed by atoms with Gasteiger partial charge in [0.2, 0.25) is 11.7 Å². The summed E-state index contributed by atoms with van der Waals surface area (Å²) in [5.41, 5.74) is 1.31. The van der Waals surface area contributed by atoms with Crippen molar-refractivity contribution in [2.45, 2.75) is 46.0 Å². The maximum atomic E-state index is 5.39. The number of aryl methyl sites for hydroxylation is 1. The Hall–Kier alpha value is -1.84. The second-order valence-corrected chi connectivity index (χ2v) is 8.36. The summed E-state index contributed by atoms with van der Waals surface area (Å²) in [6.45, 7) is 7.72. The molecule has 8 heteroatoms. The number of methoxy groups -OCH3 is 1. The molecule has 1 aliphatic heterocycles. The predicted molar refractivity (Wildman–Crippen MR) is 131 cm³/mol. The molecular weight excluding hydrogens is 493 g/mol. The molecule has 0 amide bonds. The van der Waals surface area contributed by atoms with Gasteiger partial charge in [-0.15, -0.1) is 24.0 Å². The van der Waals surface area contributed by atoms with Gasteiger partial charge in [-0.05, 0) is 48.9 Å². The smallest absolute Gasteiger partial charge is 0.226 e. The van der Waals surface area contributed by atoms with Crippen LogP contribution >= 0.6 is 24.0 Å². The molecule has 0 atom stereocenters. The molecule has 1 fully saturated rings. The first-order chi connectivity index (χ1) is 14.0. The summed E-state index contributed by atoms with van der Waals surface area (Å²) >= 11 is 0. The van der Waals surface area contributed by atoms with Gasteiger partial charge in [-0.3, -0.25) is 4.99 Å². The van der Waals surface area contributed by atoms with Crippen molar-refractivity contribution in [1.82, 2.24) is 20.4 Å². The van der Waals surface area contributed by atoms with Crippen molar-refractivity contribution in [2.24, 2.45) is 10.4 Å². The summed E-state index contributed by atoms with van der Waals surface area (Å²) in [5, 5.41) is 7.58. The molecule has 0 unspecified atom stereocenters. The van der Waals surface area contributed by atoms with Crippen LogP contribution in [0.3, 0.4) is 0 Å². The van der Waals surface area contributed by atoms with Crippen molar-refractivity contribution in [1.29, 1.82) is 0 Å². The first kappa shape index (κ1) is 24.4. The van der Waals surface area contributed by atoms with Gasteiger partial charge in [-0.1, -0.05) is 25.4 Å². The zero-order chi connectivity index (χ0) is 20.7. The number of hydrogen-bond acceptors (Lipinski definition) is 5. The van der Waals surface area contributed by atoms with Crippen LogP contribution in [-0.2, 0) is 6.42 Å². The average molecular weight is 527 g/mol. The standard InChI is InChI=1S/C22H33N5O2.HI/c1-22(2)13-15-27(16-22)21(23-3)24-14-7-5-6-8-19-25-20(26-29-19)17-9-11-18(28-4)12-10-17;/h9-12H,5-8,13-16H2,1-4H3,(H,23,24);1H. The molecule has 0 spiro atoms. The zero-order valence-electron chi connectivity index (χ0n) is 18.5. The molecule has 1 aromatic carbocycles. The quantitative estimate of drug-likeness (QED) is 0.238. The van der Waals surface area contributed by atoms with Crippen molar-refractivity contribution in [3.63, 3.8) is 0 Å². The monoisotopic (exact) mass is 527 g/mol. The Balaban J connectivity index is 0.00000320. The minimum atomic E-state index is 0. The number of hydrogen-bond donors (Lipinski definition) is 1. The Morgan fingerprint density at radius 2 is 2.00 bits per heavy atom. The first-order valence-electron chi connectivity index (χ1n) is 10.4. The highest BCUT2D eigenvalue weighted by Crippen LogP contribution is 2.28. The number of likely N-dealkylation sites (tertiary alicyclic amines) is 1. The number of aromatic nitrogens is 2. The SMILES string of the molecule is CN=C(NCCCCCc1nc(-c2ccc(OC)cc2)no1)N1CCC(C)(C)C1.I. The minimum Gasteiger partial charge on any atom is -0.497 e. The number of nitrogens with zero attached hydrogens (tertiary/aromatic N) is 4. The molecule has 2 heterocycles. The van der Waals surface area contributed by atoms with Gasteiger partial charge in [0.15, 0.2) is 5.96 Å². The molecule has 2 aromatic rings. The second-order valence-electron chi connectivity index (χ2n) is 8.36. The molecule has 166 valence electrons. The van der Waals surface area contributed by atoms with Crippen LogP contribution in [0.15, 0.2) is 33.8 Å². The lowest BCUT2D eigenvalue weighted by Gasteiger charge is -2.23. The maximum absolute atomic E-state index is 5.39. The highest BCUT2D eigenvalue weighted by molar-refractivity contribution is 14.0. The van der Waals surface area contributed by atoms with Crippen LogP contribution in [-0.4, -0.2) is 54.8 Å². The predicted octanol–water partition coefficient (Wildman–Crippen LogP) is 4.38. The van der Waals surface area contributed by atoms with Crippen molar-refractivity contribution >= 4 is 29.9 Å². The van der Waals surface area contributed by atoms with Crippen LogP contribution in [0, 0.1) is 5.41 Å². The fourth-order valence-electron chi connectivity index (χ4n) is 3.62. The topological polar surface area (TPSA) is 75.8 Å². The van der Waals surface area contributed by atoms with Crippen LogP contribution in [0.4, 0.5) is 0 Å². The van der Waals surface area contributed by atoms with Gasteiger partial charge in [0.05, 0.1) is 7.11 Å². The Labute approximate surface area is 196 Å². The van der Waals surface area contributed by atoms with Gasteiger partial charge < -0.3 is 19.5 Å². The van der Waals surface area contributed by atoms with Crippen LogP contribution < -0.4 is 10.1 Å². The Morgan fingerprint density at radius 3 is 2.63 bits per heavy atom. The van der Waals surface area contributed by atoms with E-state index in [1.165, 1.54) is 6.42 Å². The average Bonchev–Trinajstić information content (AvgIpc) is 3.34. The molecule has 7 nitrogen and oxygen atoms in total. The van der Waals surface area contributed by atoms with Crippen molar-refractivity contribution in [2.75, 3.05) is 33.8 Å². The maximum Gasteiger partial charge on any atom is 0.226 e. The van der Waals surface area contributed by atoms with E-state index in [0.717, 1.165) is 62.6 Å². The van der Waals surface area contributed by atoms with Crippen molar-refractivity contribution in [3.05, 3.63) is 30.2 Å². The van der Waals surface area contributed by atoms with Gasteiger partial charge in [-0.25, -0.2) is 0 Å². The molecule has 0 aliphatic carbocycles. The van der Waals surface area contributed by atoms with Gasteiger partial charge in [-0.2, -0.15) is 4.98 Å². The van der Waals surface area contributed by atoms with Crippen LogP contribution in [0.25, 0.3) is 11.4 Å². The van der Waals surface area contributed by atoms with E-state index in [1.807, 2.05) is 31.3 Å². The van der Waals surface area contributed by atoms with Gasteiger partial charge in [0.25, 0.3) is 0 Å². The summed E-state index contributed by atoms with van der Waals surface area (Å²) in [6.07, 6.45) is 5.25. The highest BCUT2D eigenvalue weighted by atomic mass is 127. The molecule has 1 aromatic heterocycles. The lowest BCUT2D eigenvalue weighted by molar-refractivity contribution is 0.369. The number of nitrogens with one attached hydrogen (secondary N) is 1. The lowest BCUT2D eigenvalue weighted by atomic mass is 9.93. The van der Waals surface area contributed by atoms with Crippen LogP contribution in [0.2, 0.25) is 0 Å². The van der Waals surface area contributed by atoms with Gasteiger partial charge in [0.1, 0.15) is 5.75 Å². The molecule has 1 saturated heterocycles. The fourth-order valence-corrected chi connectivity index (χ4v) is 3.62. The zero-order valence-corrected chi connectivity index (χ0v) is 20.8. The largest absolute Gasteiger partial charge is 0.497 e. The number of benzene rings is 1. The molecule has 0 radical (unpaired) electrons. The van der Waals surface area contributed by atoms with E-state index in [0.29, 0.717) is 17.1 Å². The number of halogens is 1. The fraction of sp³-hybridized carbons (Fsp3) is 0.591. The first-order valence-corrected chi connectivity index (χ1v) is 10.4.